The number of para-hydroxylation sites is 1. The molecule has 2 nitrogen and oxygen atoms in total. The van der Waals surface area contributed by atoms with Gasteiger partial charge in [0, 0.05) is 37.9 Å². The van der Waals surface area contributed by atoms with E-state index in [9.17, 15) is 0 Å². The Morgan fingerprint density at radius 3 is 1.41 bits per heavy atom. The molecule has 286 valence electrons. The molecule has 1 aliphatic heterocycles. The van der Waals surface area contributed by atoms with E-state index in [4.69, 9.17) is 0 Å². The van der Waals surface area contributed by atoms with Gasteiger partial charge in [-0.15, -0.1) is 0 Å². The van der Waals surface area contributed by atoms with Gasteiger partial charge in [-0.05, 0) is 103 Å². The van der Waals surface area contributed by atoms with Crippen LogP contribution in [0.3, 0.4) is 0 Å². The fraction of sp³-hybridized carbons (Fsp3) is 0. The summed E-state index contributed by atoms with van der Waals surface area (Å²) in [6.45, 7) is 0. The third-order valence-electron chi connectivity index (χ3n) is 12.6. The van der Waals surface area contributed by atoms with E-state index in [-0.39, 0.29) is 0 Å². The van der Waals surface area contributed by atoms with Crippen molar-refractivity contribution in [1.29, 1.82) is 0 Å². The molecule has 0 radical (unpaired) electrons. The second-order valence-corrected chi connectivity index (χ2v) is 18.7. The van der Waals surface area contributed by atoms with Crippen LogP contribution in [0.15, 0.2) is 231 Å². The quantitative estimate of drug-likeness (QED) is 0.154. The smallest absolute Gasteiger partial charge is 0.172 e. The summed E-state index contributed by atoms with van der Waals surface area (Å²) >= 11 is 0. The van der Waals surface area contributed by atoms with Crippen LogP contribution in [-0.2, 0) is 4.57 Å². The van der Waals surface area contributed by atoms with Gasteiger partial charge in [0.1, 0.15) is 0 Å². The molecule has 0 fully saturated rings. The lowest BCUT2D eigenvalue weighted by molar-refractivity contribution is 0.593. The molecule has 1 atom stereocenters. The van der Waals surface area contributed by atoms with E-state index in [0.29, 0.717) is 0 Å². The average Bonchev–Trinajstić information content (AvgIpc) is 3.81. The second kappa shape index (κ2) is 14.1. The molecule has 0 aliphatic carbocycles. The number of fused-ring (bicyclic) bond motifs is 8. The fourth-order valence-corrected chi connectivity index (χ4v) is 12.7. The maximum absolute atomic E-state index is 16.1. The summed E-state index contributed by atoms with van der Waals surface area (Å²) in [4.78, 5) is 0. The van der Waals surface area contributed by atoms with Crippen molar-refractivity contribution in [3.05, 3.63) is 231 Å². The molecule has 0 amide bonds. The van der Waals surface area contributed by atoms with Gasteiger partial charge < -0.3 is 9.13 Å². The summed E-state index contributed by atoms with van der Waals surface area (Å²) in [6.07, 6.45) is 0. The summed E-state index contributed by atoms with van der Waals surface area (Å²) in [7, 11) is -3.25. The topological polar surface area (TPSA) is 22.0 Å². The van der Waals surface area contributed by atoms with Crippen LogP contribution in [0.4, 0.5) is 0 Å². The number of rotatable bonds is 6. The lowest BCUT2D eigenvalue weighted by Gasteiger charge is -2.17. The highest BCUT2D eigenvalue weighted by molar-refractivity contribution is 7.86. The molecule has 0 bridgehead atoms. The highest BCUT2D eigenvalue weighted by atomic mass is 31.2. The number of benzene rings is 10. The predicted molar refractivity (Wildman–Crippen MR) is 258 cm³/mol. The average molecular weight is 796 g/mol. The number of hydrogen-bond acceptors (Lipinski definition) is 1. The summed E-state index contributed by atoms with van der Waals surface area (Å²) < 4.78 is 18.6. The van der Waals surface area contributed by atoms with Crippen molar-refractivity contribution in [2.75, 3.05) is 0 Å². The van der Waals surface area contributed by atoms with Crippen molar-refractivity contribution in [2.24, 2.45) is 0 Å². The van der Waals surface area contributed by atoms with E-state index in [0.717, 1.165) is 87.6 Å². The molecule has 12 rings (SSSR count). The number of nitrogens with zero attached hydrogens (tertiary/aromatic N) is 1. The Balaban J connectivity index is 1.14. The SMILES string of the molecule is O=P1(c2ccccc2)c2cc3ccccc3cc2-c2c1ccc1c3ccccc3n(-c3cc(-c4ccc(-c5ccccc5)cc4)cc(-c4ccc(-c5ccccc5)cc4)c3)c21. The van der Waals surface area contributed by atoms with Gasteiger partial charge in [0.2, 0.25) is 0 Å². The van der Waals surface area contributed by atoms with Gasteiger partial charge in [0.15, 0.2) is 7.14 Å². The minimum Gasteiger partial charge on any atom is -0.309 e. The molecule has 10 aromatic carbocycles. The molecule has 11 aromatic rings. The molecule has 1 unspecified atom stereocenters. The molecule has 0 N–H and O–H groups in total. The largest absolute Gasteiger partial charge is 0.309 e. The molecule has 1 aromatic heterocycles. The van der Waals surface area contributed by atoms with Crippen molar-refractivity contribution in [1.82, 2.24) is 4.57 Å². The van der Waals surface area contributed by atoms with Gasteiger partial charge in [-0.2, -0.15) is 0 Å². The first-order valence-electron chi connectivity index (χ1n) is 20.9. The van der Waals surface area contributed by atoms with Gasteiger partial charge in [-0.25, -0.2) is 0 Å². The van der Waals surface area contributed by atoms with Crippen molar-refractivity contribution in [3.8, 4) is 61.3 Å². The third-order valence-corrected chi connectivity index (χ3v) is 15.7. The molecule has 0 saturated heterocycles. The van der Waals surface area contributed by atoms with Crippen LogP contribution in [-0.4, -0.2) is 4.57 Å². The van der Waals surface area contributed by atoms with Gasteiger partial charge in [-0.3, -0.25) is 0 Å². The molecule has 1 aliphatic rings. The zero-order valence-electron chi connectivity index (χ0n) is 33.2. The highest BCUT2D eigenvalue weighted by Crippen LogP contribution is 2.55. The first-order valence-corrected chi connectivity index (χ1v) is 22.6. The van der Waals surface area contributed by atoms with Crippen LogP contribution in [0, 0.1) is 0 Å². The van der Waals surface area contributed by atoms with E-state index in [1.807, 2.05) is 30.3 Å². The van der Waals surface area contributed by atoms with Gasteiger partial charge >= 0.3 is 0 Å². The summed E-state index contributed by atoms with van der Waals surface area (Å²) in [5.74, 6) is 0. The fourth-order valence-electron chi connectivity index (χ4n) is 9.62. The zero-order chi connectivity index (χ0) is 40.5. The van der Waals surface area contributed by atoms with E-state index >= 15 is 4.57 Å². The Hall–Kier alpha value is -7.51. The van der Waals surface area contributed by atoms with E-state index < -0.39 is 7.14 Å². The van der Waals surface area contributed by atoms with E-state index in [1.165, 1.54) is 22.3 Å². The Morgan fingerprint density at radius 1 is 0.344 bits per heavy atom. The third kappa shape index (κ3) is 5.68. The number of aromatic nitrogens is 1. The summed E-state index contributed by atoms with van der Waals surface area (Å²) in [6, 6.07) is 82.0. The van der Waals surface area contributed by atoms with Crippen molar-refractivity contribution in [3.63, 3.8) is 0 Å². The van der Waals surface area contributed by atoms with Crippen LogP contribution < -0.4 is 15.9 Å². The lowest BCUT2D eigenvalue weighted by atomic mass is 9.95. The molecular formula is C58H38NOP. The molecule has 0 saturated carbocycles. The Kier molecular flexibility index (Phi) is 8.17. The number of hydrogen-bond donors (Lipinski definition) is 0. The lowest BCUT2D eigenvalue weighted by Crippen LogP contribution is -2.20. The Labute approximate surface area is 355 Å². The Bertz CT molecular complexity index is 3420. The monoisotopic (exact) mass is 795 g/mol. The van der Waals surface area contributed by atoms with Crippen LogP contribution in [0.25, 0.3) is 93.9 Å². The summed E-state index contributed by atoms with van der Waals surface area (Å²) in [5, 5.41) is 7.19. The first kappa shape index (κ1) is 35.4. The first-order chi connectivity index (χ1) is 30.1. The molecular weight excluding hydrogens is 758 g/mol. The molecule has 0 spiro atoms. The maximum atomic E-state index is 16.1. The Morgan fingerprint density at radius 2 is 0.820 bits per heavy atom. The zero-order valence-corrected chi connectivity index (χ0v) is 34.1. The standard InChI is InChI=1S/C58H38NOP/c60-61(50-20-8-3-9-21-50)55-33-32-52-51-22-12-13-23-54(51)59(58(52)57(55)53-37-45-18-10-11-19-46(45)38-56(53)61)49-35-47(43-28-24-41(25-29-43)39-14-4-1-5-15-39)34-48(36-49)44-30-26-42(27-31-44)40-16-6-2-7-17-40/h1-38H. The summed E-state index contributed by atoms with van der Waals surface area (Å²) in [5.41, 5.74) is 14.6. The molecule has 61 heavy (non-hydrogen) atoms. The predicted octanol–water partition coefficient (Wildman–Crippen LogP) is 14.2. The van der Waals surface area contributed by atoms with Crippen molar-refractivity contribution in [2.45, 2.75) is 0 Å². The van der Waals surface area contributed by atoms with E-state index in [1.54, 1.807) is 0 Å². The minimum atomic E-state index is -3.25. The molecule has 3 heteroatoms. The maximum Gasteiger partial charge on any atom is 0.172 e. The molecule has 2 heterocycles. The van der Waals surface area contributed by atoms with Gasteiger partial charge in [-0.1, -0.05) is 188 Å². The highest BCUT2D eigenvalue weighted by Gasteiger charge is 2.42. The van der Waals surface area contributed by atoms with Crippen molar-refractivity contribution >= 4 is 55.6 Å². The van der Waals surface area contributed by atoms with Crippen LogP contribution >= 0.6 is 7.14 Å². The van der Waals surface area contributed by atoms with Crippen LogP contribution in [0.2, 0.25) is 0 Å². The van der Waals surface area contributed by atoms with Crippen LogP contribution in [0.1, 0.15) is 0 Å². The van der Waals surface area contributed by atoms with E-state index in [2.05, 4.69) is 205 Å². The normalized spacial score (nSPS) is 14.4. The second-order valence-electron chi connectivity index (χ2n) is 16.0. The van der Waals surface area contributed by atoms with Crippen LogP contribution in [0.5, 0.6) is 0 Å². The van der Waals surface area contributed by atoms with Crippen molar-refractivity contribution < 1.29 is 4.57 Å². The minimum absolute atomic E-state index is 0.856. The van der Waals surface area contributed by atoms with Gasteiger partial charge in [0.25, 0.3) is 0 Å². The van der Waals surface area contributed by atoms with Gasteiger partial charge in [0.05, 0.1) is 11.0 Å².